The quantitative estimate of drug-likeness (QED) is 0.627. The van der Waals surface area contributed by atoms with Crippen LogP contribution in [0, 0.1) is 0 Å². The fourth-order valence-electron chi connectivity index (χ4n) is 1.52. The third kappa shape index (κ3) is 3.79. The van der Waals surface area contributed by atoms with E-state index >= 15 is 0 Å². The third-order valence-corrected chi connectivity index (χ3v) is 3.24. The molecule has 1 amide bonds. The Balaban J connectivity index is 1.90. The Hall–Kier alpha value is -2.42. The molecular formula is C11H12N4O4S. The minimum atomic E-state index is -0.842. The summed E-state index contributed by atoms with van der Waals surface area (Å²) in [5.41, 5.74) is 0.399. The lowest BCUT2D eigenvalue weighted by atomic mass is 10.2. The van der Waals surface area contributed by atoms with E-state index in [-0.39, 0.29) is 12.1 Å². The minimum Gasteiger partial charge on any atom is -0.481 e. The van der Waals surface area contributed by atoms with Crippen LogP contribution in [0.4, 0.5) is 5.13 Å². The number of aromatic amines is 2. The van der Waals surface area contributed by atoms with Crippen molar-refractivity contribution in [2.75, 3.05) is 5.32 Å². The van der Waals surface area contributed by atoms with Gasteiger partial charge in [-0.1, -0.05) is 0 Å². The Bertz CT molecular complexity index is 672. The number of carboxylic acid groups (broad SMARTS) is 1. The van der Waals surface area contributed by atoms with Crippen molar-refractivity contribution in [1.29, 1.82) is 0 Å². The molecule has 2 rings (SSSR count). The molecule has 0 aromatic carbocycles. The Morgan fingerprint density at radius 3 is 2.90 bits per heavy atom. The summed E-state index contributed by atoms with van der Waals surface area (Å²) in [5.74, 6) is -1.31. The zero-order chi connectivity index (χ0) is 14.5. The zero-order valence-corrected chi connectivity index (χ0v) is 11.1. The number of rotatable bonds is 6. The van der Waals surface area contributed by atoms with E-state index in [2.05, 4.69) is 20.3 Å². The van der Waals surface area contributed by atoms with Gasteiger partial charge in [0.1, 0.15) is 5.69 Å². The number of thiazole rings is 1. The third-order valence-electron chi connectivity index (χ3n) is 2.44. The molecule has 0 fully saturated rings. The average molecular weight is 296 g/mol. The number of aliphatic carboxylic acids is 1. The number of amides is 1. The molecule has 0 spiro atoms. The summed E-state index contributed by atoms with van der Waals surface area (Å²) in [6.45, 7) is 0. The van der Waals surface area contributed by atoms with E-state index in [9.17, 15) is 14.4 Å². The first-order valence-electron chi connectivity index (χ1n) is 5.80. The van der Waals surface area contributed by atoms with Gasteiger partial charge in [-0.05, 0) is 12.8 Å². The topological polar surface area (TPSA) is 128 Å². The maximum absolute atomic E-state index is 11.7. The first-order valence-corrected chi connectivity index (χ1v) is 6.68. The molecule has 0 aliphatic carbocycles. The molecule has 8 nitrogen and oxygen atoms in total. The first-order chi connectivity index (χ1) is 9.54. The van der Waals surface area contributed by atoms with Crippen LogP contribution < -0.4 is 11.0 Å². The highest BCUT2D eigenvalue weighted by Gasteiger charge is 2.11. The Morgan fingerprint density at radius 2 is 2.25 bits per heavy atom. The van der Waals surface area contributed by atoms with Crippen LogP contribution in [-0.4, -0.2) is 31.9 Å². The summed E-state index contributed by atoms with van der Waals surface area (Å²) in [6, 6.07) is 0. The molecular weight excluding hydrogens is 284 g/mol. The van der Waals surface area contributed by atoms with Crippen molar-refractivity contribution in [2.45, 2.75) is 19.3 Å². The fraction of sp³-hybridized carbons (Fsp3) is 0.273. The maximum Gasteiger partial charge on any atom is 0.323 e. The lowest BCUT2D eigenvalue weighted by Gasteiger charge is -1.97. The summed E-state index contributed by atoms with van der Waals surface area (Å²) in [6.07, 6.45) is 2.40. The van der Waals surface area contributed by atoms with Crippen molar-refractivity contribution < 1.29 is 14.7 Å². The van der Waals surface area contributed by atoms with Crippen LogP contribution >= 0.6 is 11.3 Å². The number of anilines is 1. The van der Waals surface area contributed by atoms with E-state index < -0.39 is 17.6 Å². The fourth-order valence-corrected chi connectivity index (χ4v) is 2.26. The van der Waals surface area contributed by atoms with Crippen LogP contribution in [0.5, 0.6) is 0 Å². The van der Waals surface area contributed by atoms with Crippen LogP contribution in [0.3, 0.4) is 0 Å². The van der Waals surface area contributed by atoms with Gasteiger partial charge >= 0.3 is 11.7 Å². The highest BCUT2D eigenvalue weighted by Crippen LogP contribution is 2.17. The van der Waals surface area contributed by atoms with Crippen molar-refractivity contribution >= 4 is 28.3 Å². The Kier molecular flexibility index (Phi) is 4.31. The number of hydrogen-bond donors (Lipinski definition) is 4. The SMILES string of the molecule is O=C(O)CCCc1csc(NC(=O)c2c[nH]c(=O)[nH]2)n1. The van der Waals surface area contributed by atoms with Gasteiger partial charge in [-0.2, -0.15) is 0 Å². The smallest absolute Gasteiger partial charge is 0.323 e. The molecule has 0 aliphatic heterocycles. The molecule has 4 N–H and O–H groups in total. The van der Waals surface area contributed by atoms with E-state index in [1.807, 2.05) is 0 Å². The number of carboxylic acids is 1. The number of aromatic nitrogens is 3. The number of carbonyl (C=O) groups excluding carboxylic acids is 1. The molecule has 9 heteroatoms. The van der Waals surface area contributed by atoms with Crippen molar-refractivity contribution in [1.82, 2.24) is 15.0 Å². The van der Waals surface area contributed by atoms with Gasteiger partial charge in [0.2, 0.25) is 0 Å². The molecule has 2 heterocycles. The number of imidazole rings is 1. The molecule has 0 aliphatic rings. The predicted molar refractivity (Wildman–Crippen MR) is 72.1 cm³/mol. The second-order valence-corrected chi connectivity index (χ2v) is 4.86. The lowest BCUT2D eigenvalue weighted by molar-refractivity contribution is -0.137. The van der Waals surface area contributed by atoms with Crippen LogP contribution in [0.15, 0.2) is 16.4 Å². The Labute approximate surface area is 116 Å². The van der Waals surface area contributed by atoms with Gasteiger partial charge in [0.25, 0.3) is 5.91 Å². The monoisotopic (exact) mass is 296 g/mol. The highest BCUT2D eigenvalue weighted by atomic mass is 32.1. The molecule has 106 valence electrons. The summed E-state index contributed by atoms with van der Waals surface area (Å²) < 4.78 is 0. The largest absolute Gasteiger partial charge is 0.481 e. The van der Waals surface area contributed by atoms with Crippen molar-refractivity contribution in [3.05, 3.63) is 33.4 Å². The second-order valence-electron chi connectivity index (χ2n) is 4.00. The van der Waals surface area contributed by atoms with Gasteiger partial charge in [-0.15, -0.1) is 11.3 Å². The predicted octanol–water partition coefficient (Wildman–Crippen LogP) is 0.819. The van der Waals surface area contributed by atoms with Crippen LogP contribution in [0.2, 0.25) is 0 Å². The molecule has 0 atom stereocenters. The molecule has 20 heavy (non-hydrogen) atoms. The summed E-state index contributed by atoms with van der Waals surface area (Å²) in [4.78, 5) is 41.8. The Morgan fingerprint density at radius 1 is 1.45 bits per heavy atom. The standard InChI is InChI=1S/C11H12N4O4S/c16-8(17)3-1-2-6-5-20-11(13-6)15-9(18)7-4-12-10(19)14-7/h4-5H,1-3H2,(H,16,17)(H2,12,14,19)(H,13,15,18). The molecule has 2 aromatic rings. The number of nitrogens with one attached hydrogen (secondary N) is 3. The molecule has 0 saturated heterocycles. The first kappa shape index (κ1) is 14.0. The van der Waals surface area contributed by atoms with Crippen molar-refractivity contribution in [3.63, 3.8) is 0 Å². The van der Waals surface area contributed by atoms with Crippen molar-refractivity contribution in [2.24, 2.45) is 0 Å². The van der Waals surface area contributed by atoms with Crippen LogP contribution in [0.25, 0.3) is 0 Å². The van der Waals surface area contributed by atoms with Crippen LogP contribution in [0.1, 0.15) is 29.0 Å². The summed E-state index contributed by atoms with van der Waals surface area (Å²) >= 11 is 1.25. The van der Waals surface area contributed by atoms with Gasteiger partial charge in [0, 0.05) is 18.0 Å². The number of carbonyl (C=O) groups is 2. The average Bonchev–Trinajstić information content (AvgIpc) is 2.98. The van der Waals surface area contributed by atoms with E-state index in [0.29, 0.717) is 18.0 Å². The normalized spacial score (nSPS) is 10.4. The van der Waals surface area contributed by atoms with Crippen LogP contribution in [-0.2, 0) is 11.2 Å². The zero-order valence-electron chi connectivity index (χ0n) is 10.3. The lowest BCUT2D eigenvalue weighted by Crippen LogP contribution is -2.13. The van der Waals surface area contributed by atoms with E-state index in [1.165, 1.54) is 17.5 Å². The number of H-pyrrole nitrogens is 2. The minimum absolute atomic E-state index is 0.0871. The number of nitrogens with zero attached hydrogens (tertiary/aromatic N) is 1. The maximum atomic E-state index is 11.7. The molecule has 0 radical (unpaired) electrons. The second kappa shape index (κ2) is 6.15. The van der Waals surface area contributed by atoms with Gasteiger partial charge < -0.3 is 15.1 Å². The van der Waals surface area contributed by atoms with Gasteiger partial charge in [-0.3, -0.25) is 14.9 Å². The van der Waals surface area contributed by atoms with Gasteiger partial charge in [-0.25, -0.2) is 9.78 Å². The molecule has 0 unspecified atom stereocenters. The van der Waals surface area contributed by atoms with E-state index in [4.69, 9.17) is 5.11 Å². The van der Waals surface area contributed by atoms with E-state index in [1.54, 1.807) is 5.38 Å². The highest BCUT2D eigenvalue weighted by molar-refractivity contribution is 7.13. The number of aryl methyl sites for hydroxylation is 1. The number of hydrogen-bond acceptors (Lipinski definition) is 5. The van der Waals surface area contributed by atoms with Crippen molar-refractivity contribution in [3.8, 4) is 0 Å². The summed E-state index contributed by atoms with van der Waals surface area (Å²) in [5, 5.41) is 13.3. The molecule has 0 saturated carbocycles. The summed E-state index contributed by atoms with van der Waals surface area (Å²) in [7, 11) is 0. The van der Waals surface area contributed by atoms with Gasteiger partial charge in [0.05, 0.1) is 5.69 Å². The molecule has 0 bridgehead atoms. The van der Waals surface area contributed by atoms with E-state index in [0.717, 1.165) is 5.69 Å². The molecule has 2 aromatic heterocycles. The van der Waals surface area contributed by atoms with Gasteiger partial charge in [0.15, 0.2) is 5.13 Å².